The number of hydrogen-bond donors (Lipinski definition) is 0. The van der Waals surface area contributed by atoms with E-state index in [2.05, 4.69) is 15.9 Å². The number of sulfonamides is 1. The zero-order valence-electron chi connectivity index (χ0n) is 11.1. The van der Waals surface area contributed by atoms with E-state index in [4.69, 9.17) is 11.6 Å². The fourth-order valence-corrected chi connectivity index (χ4v) is 4.54. The Balaban J connectivity index is 2.44. The van der Waals surface area contributed by atoms with Gasteiger partial charge in [-0.05, 0) is 30.9 Å². The standard InChI is InChI=1S/C13H16BrClFNO2S/c1-2-17(8-9-3-4-9)20(18,19)12-6-11(14)5-10(7-15)13(12)16/h5-6,9H,2-4,7-8H2,1H3. The molecule has 0 saturated heterocycles. The molecule has 1 aromatic rings. The van der Waals surface area contributed by atoms with Gasteiger partial charge in [0.05, 0.1) is 5.88 Å². The molecule has 7 heteroatoms. The Hall–Kier alpha value is -0.170. The molecule has 0 amide bonds. The van der Waals surface area contributed by atoms with Crippen molar-refractivity contribution in [1.29, 1.82) is 0 Å². The quantitative estimate of drug-likeness (QED) is 0.701. The minimum absolute atomic E-state index is 0.0669. The molecule has 0 heterocycles. The zero-order valence-corrected chi connectivity index (χ0v) is 14.2. The second kappa shape index (κ2) is 6.30. The van der Waals surface area contributed by atoms with Gasteiger partial charge in [-0.1, -0.05) is 22.9 Å². The van der Waals surface area contributed by atoms with Gasteiger partial charge in [0.15, 0.2) is 0 Å². The lowest BCUT2D eigenvalue weighted by molar-refractivity contribution is 0.408. The second-order valence-corrected chi connectivity index (χ2v) is 8.00. The molecule has 1 aliphatic rings. The van der Waals surface area contributed by atoms with Crippen molar-refractivity contribution in [1.82, 2.24) is 4.31 Å². The third kappa shape index (κ3) is 3.35. The van der Waals surface area contributed by atoms with Crippen LogP contribution < -0.4 is 0 Å². The van der Waals surface area contributed by atoms with E-state index in [1.807, 2.05) is 0 Å². The predicted molar refractivity (Wildman–Crippen MR) is 80.8 cm³/mol. The van der Waals surface area contributed by atoms with E-state index in [9.17, 15) is 12.8 Å². The van der Waals surface area contributed by atoms with Crippen molar-refractivity contribution in [2.24, 2.45) is 5.92 Å². The molecule has 1 saturated carbocycles. The third-order valence-electron chi connectivity index (χ3n) is 3.35. The van der Waals surface area contributed by atoms with Crippen molar-refractivity contribution in [2.75, 3.05) is 13.1 Å². The van der Waals surface area contributed by atoms with Crippen LogP contribution in [-0.2, 0) is 15.9 Å². The molecule has 0 N–H and O–H groups in total. The average molecular weight is 385 g/mol. The van der Waals surface area contributed by atoms with E-state index in [0.29, 0.717) is 23.5 Å². The first kappa shape index (κ1) is 16.2. The summed E-state index contributed by atoms with van der Waals surface area (Å²) in [4.78, 5) is -0.301. The van der Waals surface area contributed by atoms with E-state index < -0.39 is 15.8 Å². The highest BCUT2D eigenvalue weighted by molar-refractivity contribution is 9.10. The van der Waals surface area contributed by atoms with E-state index >= 15 is 0 Å². The van der Waals surface area contributed by atoms with Crippen molar-refractivity contribution in [2.45, 2.75) is 30.5 Å². The highest BCUT2D eigenvalue weighted by atomic mass is 79.9. The van der Waals surface area contributed by atoms with Crippen LogP contribution in [0.25, 0.3) is 0 Å². The number of alkyl halides is 1. The van der Waals surface area contributed by atoms with Crippen molar-refractivity contribution in [3.8, 4) is 0 Å². The number of rotatable bonds is 6. The second-order valence-electron chi connectivity index (χ2n) is 4.91. The van der Waals surface area contributed by atoms with Gasteiger partial charge in [-0.2, -0.15) is 4.31 Å². The van der Waals surface area contributed by atoms with Gasteiger partial charge in [-0.15, -0.1) is 11.6 Å². The van der Waals surface area contributed by atoms with Crippen LogP contribution in [0.3, 0.4) is 0 Å². The number of hydrogen-bond acceptors (Lipinski definition) is 2. The Kier molecular flexibility index (Phi) is 5.10. The Morgan fingerprint density at radius 1 is 1.45 bits per heavy atom. The predicted octanol–water partition coefficient (Wildman–Crippen LogP) is 3.75. The summed E-state index contributed by atoms with van der Waals surface area (Å²) in [5.74, 6) is -0.410. The maximum absolute atomic E-state index is 14.3. The molecule has 0 spiro atoms. The smallest absolute Gasteiger partial charge is 0.207 e. The van der Waals surface area contributed by atoms with Crippen molar-refractivity contribution in [3.05, 3.63) is 28.0 Å². The van der Waals surface area contributed by atoms with Crippen LogP contribution in [-0.4, -0.2) is 25.8 Å². The van der Waals surface area contributed by atoms with Crippen LogP contribution in [0.4, 0.5) is 4.39 Å². The molecule has 20 heavy (non-hydrogen) atoms. The van der Waals surface area contributed by atoms with Gasteiger partial charge < -0.3 is 0 Å². The van der Waals surface area contributed by atoms with Gasteiger partial charge in [-0.3, -0.25) is 0 Å². The molecule has 2 rings (SSSR count). The SMILES string of the molecule is CCN(CC1CC1)S(=O)(=O)c1cc(Br)cc(CCl)c1F. The van der Waals surface area contributed by atoms with Crippen LogP contribution in [0.1, 0.15) is 25.3 Å². The summed E-state index contributed by atoms with van der Waals surface area (Å²) in [7, 11) is -3.82. The molecule has 1 aromatic carbocycles. The highest BCUT2D eigenvalue weighted by Gasteiger charge is 2.33. The van der Waals surface area contributed by atoms with Crippen LogP contribution in [0.2, 0.25) is 0 Å². The van der Waals surface area contributed by atoms with E-state index in [1.165, 1.54) is 16.4 Å². The topological polar surface area (TPSA) is 37.4 Å². The summed E-state index contributed by atoms with van der Waals surface area (Å²) in [6.45, 7) is 2.56. The largest absolute Gasteiger partial charge is 0.246 e. The normalized spacial score (nSPS) is 15.8. The lowest BCUT2D eigenvalue weighted by Gasteiger charge is -2.21. The van der Waals surface area contributed by atoms with Crippen LogP contribution in [0.5, 0.6) is 0 Å². The van der Waals surface area contributed by atoms with Crippen molar-refractivity contribution < 1.29 is 12.8 Å². The summed E-state index contributed by atoms with van der Waals surface area (Å²) < 4.78 is 41.3. The molecular weight excluding hydrogens is 369 g/mol. The molecule has 0 radical (unpaired) electrons. The molecule has 0 aliphatic heterocycles. The van der Waals surface area contributed by atoms with E-state index in [1.54, 1.807) is 6.92 Å². The molecule has 1 aliphatic carbocycles. The molecular formula is C13H16BrClFNO2S. The van der Waals surface area contributed by atoms with Gasteiger partial charge in [0.25, 0.3) is 0 Å². The third-order valence-corrected chi connectivity index (χ3v) is 6.04. The maximum Gasteiger partial charge on any atom is 0.246 e. The van der Waals surface area contributed by atoms with E-state index in [0.717, 1.165) is 12.8 Å². The monoisotopic (exact) mass is 383 g/mol. The summed E-state index contributed by atoms with van der Waals surface area (Å²) in [5, 5.41) is 0. The van der Waals surface area contributed by atoms with Crippen LogP contribution in [0.15, 0.2) is 21.5 Å². The number of benzene rings is 1. The van der Waals surface area contributed by atoms with Crippen LogP contribution in [0, 0.1) is 11.7 Å². The summed E-state index contributed by atoms with van der Waals surface area (Å²) in [5.41, 5.74) is 0.182. The fourth-order valence-electron chi connectivity index (χ4n) is 2.03. The molecule has 0 bridgehead atoms. The first-order valence-electron chi connectivity index (χ1n) is 6.44. The molecule has 0 atom stereocenters. The van der Waals surface area contributed by atoms with Gasteiger partial charge in [0, 0.05) is 23.1 Å². The number of nitrogens with zero attached hydrogens (tertiary/aromatic N) is 1. The molecule has 0 aromatic heterocycles. The average Bonchev–Trinajstić information content (AvgIpc) is 3.21. The Bertz CT molecular complexity index is 605. The minimum atomic E-state index is -3.82. The van der Waals surface area contributed by atoms with Crippen molar-refractivity contribution >= 4 is 37.6 Å². The Morgan fingerprint density at radius 2 is 2.10 bits per heavy atom. The fraction of sp³-hybridized carbons (Fsp3) is 0.538. The minimum Gasteiger partial charge on any atom is -0.207 e. The zero-order chi connectivity index (χ0) is 14.9. The molecule has 3 nitrogen and oxygen atoms in total. The highest BCUT2D eigenvalue weighted by Crippen LogP contribution is 2.33. The van der Waals surface area contributed by atoms with Gasteiger partial charge in [0.2, 0.25) is 10.0 Å². The Morgan fingerprint density at radius 3 is 2.60 bits per heavy atom. The van der Waals surface area contributed by atoms with Gasteiger partial charge >= 0.3 is 0 Å². The van der Waals surface area contributed by atoms with E-state index in [-0.39, 0.29) is 16.3 Å². The molecule has 112 valence electrons. The number of halogens is 3. The Labute approximate surface area is 132 Å². The molecule has 0 unspecified atom stereocenters. The summed E-state index contributed by atoms with van der Waals surface area (Å²) in [6.07, 6.45) is 2.08. The van der Waals surface area contributed by atoms with Crippen LogP contribution >= 0.6 is 27.5 Å². The lowest BCUT2D eigenvalue weighted by atomic mass is 10.2. The first-order chi connectivity index (χ1) is 9.40. The summed E-state index contributed by atoms with van der Waals surface area (Å²) >= 11 is 8.87. The first-order valence-corrected chi connectivity index (χ1v) is 9.21. The summed E-state index contributed by atoms with van der Waals surface area (Å²) in [6, 6.07) is 2.80. The van der Waals surface area contributed by atoms with Gasteiger partial charge in [0.1, 0.15) is 10.7 Å². The lowest BCUT2D eigenvalue weighted by Crippen LogP contribution is -2.33. The van der Waals surface area contributed by atoms with Gasteiger partial charge in [-0.25, -0.2) is 12.8 Å². The molecule has 1 fully saturated rings. The maximum atomic E-state index is 14.3. The van der Waals surface area contributed by atoms with Crippen molar-refractivity contribution in [3.63, 3.8) is 0 Å².